The number of pyridine rings is 1. The molecule has 0 aliphatic heterocycles. The van der Waals surface area contributed by atoms with Crippen molar-refractivity contribution in [2.24, 2.45) is 0 Å². The number of H-pyrrole nitrogens is 1. The minimum Gasteiger partial charge on any atom is -0.338 e. The fourth-order valence-electron chi connectivity index (χ4n) is 2.53. The number of fused-ring (bicyclic) bond motifs is 1. The van der Waals surface area contributed by atoms with Gasteiger partial charge in [-0.3, -0.25) is 4.79 Å². The topological polar surface area (TPSA) is 74.0 Å². The third-order valence-electron chi connectivity index (χ3n) is 3.81. The number of hydrogen-bond acceptors (Lipinski definition) is 2. The molecule has 0 fully saturated rings. The predicted molar refractivity (Wildman–Crippen MR) is 95.0 cm³/mol. The van der Waals surface area contributed by atoms with Crippen LogP contribution in [0.5, 0.6) is 0 Å². The van der Waals surface area contributed by atoms with E-state index in [1.807, 2.05) is 60.7 Å². The molecule has 3 N–H and O–H groups in total. The van der Waals surface area contributed by atoms with Crippen LogP contribution >= 0.6 is 0 Å². The van der Waals surface area contributed by atoms with Gasteiger partial charge in [-0.2, -0.15) is 0 Å². The number of carbonyl (C=O) groups excluding carboxylic acids is 1. The van der Waals surface area contributed by atoms with Crippen molar-refractivity contribution in [2.45, 2.75) is 13.0 Å². The van der Waals surface area contributed by atoms with Crippen molar-refractivity contribution in [1.82, 2.24) is 15.6 Å². The first-order chi connectivity index (χ1) is 11.7. The molecule has 24 heavy (non-hydrogen) atoms. The molecule has 1 aromatic heterocycles. The standard InChI is InChI=1S/C19H19N3O2/c23-18-16(12-15-8-4-5-9-17(15)22-18)10-11-20-19(24)21-13-14-6-2-1-3-7-14/h1-9,12H,10-11,13H2,(H,22,23)(H2,20,21,24). The van der Waals surface area contributed by atoms with Gasteiger partial charge in [0.15, 0.2) is 0 Å². The lowest BCUT2D eigenvalue weighted by Crippen LogP contribution is -2.36. The molecule has 2 amide bonds. The van der Waals surface area contributed by atoms with Gasteiger partial charge in [-0.15, -0.1) is 0 Å². The largest absolute Gasteiger partial charge is 0.338 e. The molecule has 0 saturated carbocycles. The van der Waals surface area contributed by atoms with Crippen LogP contribution in [0.15, 0.2) is 65.5 Å². The van der Waals surface area contributed by atoms with Crippen molar-refractivity contribution in [3.05, 3.63) is 82.1 Å². The SMILES string of the molecule is O=C(NCCc1cc2ccccc2[nH]c1=O)NCc1ccccc1. The summed E-state index contributed by atoms with van der Waals surface area (Å²) in [6.45, 7) is 0.880. The smallest absolute Gasteiger partial charge is 0.315 e. The third-order valence-corrected chi connectivity index (χ3v) is 3.81. The molecule has 0 radical (unpaired) electrons. The molecular formula is C19H19N3O2. The van der Waals surface area contributed by atoms with E-state index >= 15 is 0 Å². The zero-order valence-corrected chi connectivity index (χ0v) is 13.2. The number of amides is 2. The van der Waals surface area contributed by atoms with Crippen molar-refractivity contribution in [2.75, 3.05) is 6.54 Å². The Balaban J connectivity index is 1.52. The Bertz CT molecular complexity index is 888. The Hall–Kier alpha value is -3.08. The van der Waals surface area contributed by atoms with Gasteiger partial charge in [0.2, 0.25) is 0 Å². The van der Waals surface area contributed by atoms with Crippen molar-refractivity contribution >= 4 is 16.9 Å². The van der Waals surface area contributed by atoms with E-state index in [0.29, 0.717) is 25.1 Å². The predicted octanol–water partition coefficient (Wildman–Crippen LogP) is 2.57. The Morgan fingerprint density at radius 3 is 2.54 bits per heavy atom. The lowest BCUT2D eigenvalue weighted by atomic mass is 10.1. The summed E-state index contributed by atoms with van der Waals surface area (Å²) in [7, 11) is 0. The van der Waals surface area contributed by atoms with Gasteiger partial charge in [-0.05, 0) is 29.5 Å². The zero-order chi connectivity index (χ0) is 16.8. The molecule has 0 saturated heterocycles. The highest BCUT2D eigenvalue weighted by atomic mass is 16.2. The molecule has 0 atom stereocenters. The summed E-state index contributed by atoms with van der Waals surface area (Å²) >= 11 is 0. The number of rotatable bonds is 5. The molecule has 0 bridgehead atoms. The van der Waals surface area contributed by atoms with Crippen LogP contribution in [0, 0.1) is 0 Å². The van der Waals surface area contributed by atoms with Crippen LogP contribution in [0.4, 0.5) is 4.79 Å². The van der Waals surface area contributed by atoms with Crippen LogP contribution in [-0.4, -0.2) is 17.6 Å². The first-order valence-electron chi connectivity index (χ1n) is 7.89. The van der Waals surface area contributed by atoms with E-state index in [9.17, 15) is 9.59 Å². The summed E-state index contributed by atoms with van der Waals surface area (Å²) in [4.78, 5) is 26.7. The van der Waals surface area contributed by atoms with Gasteiger partial charge < -0.3 is 15.6 Å². The molecule has 5 heteroatoms. The maximum atomic E-state index is 12.0. The number of aromatic nitrogens is 1. The van der Waals surface area contributed by atoms with Gasteiger partial charge in [0.1, 0.15) is 0 Å². The Kier molecular flexibility index (Phi) is 4.91. The van der Waals surface area contributed by atoms with Crippen LogP contribution in [0.25, 0.3) is 10.9 Å². The maximum Gasteiger partial charge on any atom is 0.315 e. The first-order valence-corrected chi connectivity index (χ1v) is 7.89. The number of nitrogens with one attached hydrogen (secondary N) is 3. The van der Waals surface area contributed by atoms with E-state index in [0.717, 1.165) is 16.5 Å². The average molecular weight is 321 g/mol. The minimum absolute atomic E-state index is 0.111. The highest BCUT2D eigenvalue weighted by molar-refractivity contribution is 5.78. The minimum atomic E-state index is -0.240. The van der Waals surface area contributed by atoms with E-state index in [-0.39, 0.29) is 11.6 Å². The normalized spacial score (nSPS) is 10.5. The van der Waals surface area contributed by atoms with Gasteiger partial charge in [0, 0.05) is 24.2 Å². The van der Waals surface area contributed by atoms with E-state index in [4.69, 9.17) is 0 Å². The molecule has 3 rings (SSSR count). The summed E-state index contributed by atoms with van der Waals surface area (Å²) in [6.07, 6.45) is 0.485. The van der Waals surface area contributed by atoms with E-state index in [1.165, 1.54) is 0 Å². The Labute approximate surface area is 139 Å². The van der Waals surface area contributed by atoms with Crippen molar-refractivity contribution < 1.29 is 4.79 Å². The molecule has 0 spiro atoms. The van der Waals surface area contributed by atoms with Crippen LogP contribution in [-0.2, 0) is 13.0 Å². The van der Waals surface area contributed by atoms with Crippen LogP contribution in [0.2, 0.25) is 0 Å². The lowest BCUT2D eigenvalue weighted by molar-refractivity contribution is 0.240. The summed E-state index contributed by atoms with van der Waals surface area (Å²) in [5.41, 5.74) is 2.41. The summed E-state index contributed by atoms with van der Waals surface area (Å²) in [5.74, 6) is 0. The number of urea groups is 1. The lowest BCUT2D eigenvalue weighted by Gasteiger charge is -2.08. The number of aromatic amines is 1. The summed E-state index contributed by atoms with van der Waals surface area (Å²) in [5, 5.41) is 6.55. The van der Waals surface area contributed by atoms with E-state index in [2.05, 4.69) is 15.6 Å². The van der Waals surface area contributed by atoms with Crippen molar-refractivity contribution in [1.29, 1.82) is 0 Å². The third kappa shape index (κ3) is 4.01. The molecule has 3 aromatic rings. The first kappa shape index (κ1) is 15.8. The zero-order valence-electron chi connectivity index (χ0n) is 13.2. The van der Waals surface area contributed by atoms with Crippen LogP contribution in [0.1, 0.15) is 11.1 Å². The summed E-state index contributed by atoms with van der Waals surface area (Å²) in [6, 6.07) is 19.0. The molecule has 2 aromatic carbocycles. The highest BCUT2D eigenvalue weighted by Gasteiger charge is 2.04. The second-order valence-corrected chi connectivity index (χ2v) is 5.56. The average Bonchev–Trinajstić information content (AvgIpc) is 2.61. The maximum absolute atomic E-state index is 12.0. The Morgan fingerprint density at radius 2 is 1.71 bits per heavy atom. The van der Waals surface area contributed by atoms with Gasteiger partial charge in [0.05, 0.1) is 0 Å². The molecule has 5 nitrogen and oxygen atoms in total. The monoisotopic (exact) mass is 321 g/mol. The molecule has 1 heterocycles. The molecule has 0 aliphatic carbocycles. The van der Waals surface area contributed by atoms with E-state index in [1.54, 1.807) is 0 Å². The fourth-order valence-corrected chi connectivity index (χ4v) is 2.53. The molecular weight excluding hydrogens is 302 g/mol. The van der Waals surface area contributed by atoms with Gasteiger partial charge in [-0.25, -0.2) is 4.79 Å². The van der Waals surface area contributed by atoms with Gasteiger partial charge in [0.25, 0.3) is 5.56 Å². The van der Waals surface area contributed by atoms with Crippen LogP contribution in [0.3, 0.4) is 0 Å². The second-order valence-electron chi connectivity index (χ2n) is 5.56. The molecule has 0 aliphatic rings. The van der Waals surface area contributed by atoms with Gasteiger partial charge >= 0.3 is 6.03 Å². The number of carbonyl (C=O) groups is 1. The van der Waals surface area contributed by atoms with Crippen molar-refractivity contribution in [3.63, 3.8) is 0 Å². The summed E-state index contributed by atoms with van der Waals surface area (Å²) < 4.78 is 0. The quantitative estimate of drug-likeness (QED) is 0.676. The van der Waals surface area contributed by atoms with Crippen LogP contribution < -0.4 is 16.2 Å². The van der Waals surface area contributed by atoms with Crippen molar-refractivity contribution in [3.8, 4) is 0 Å². The van der Waals surface area contributed by atoms with Gasteiger partial charge in [-0.1, -0.05) is 48.5 Å². The molecule has 122 valence electrons. The number of para-hydroxylation sites is 1. The number of hydrogen-bond donors (Lipinski definition) is 3. The molecule has 0 unspecified atom stereocenters. The second kappa shape index (κ2) is 7.46. The number of benzene rings is 2. The fraction of sp³-hybridized carbons (Fsp3) is 0.158. The van der Waals surface area contributed by atoms with E-state index < -0.39 is 0 Å². The Morgan fingerprint density at radius 1 is 0.958 bits per heavy atom. The highest BCUT2D eigenvalue weighted by Crippen LogP contribution is 2.10.